The Bertz CT molecular complexity index is 402. The third-order valence-corrected chi connectivity index (χ3v) is 2.93. The van der Waals surface area contributed by atoms with E-state index in [-0.39, 0.29) is 23.5 Å². The molecule has 0 saturated carbocycles. The Morgan fingerprint density at radius 2 is 1.88 bits per heavy atom. The predicted molar refractivity (Wildman–Crippen MR) is 63.0 cm³/mol. The standard InChI is InChI=1S/C12H16F2N2O/c1-7-6-17-8(2)5-16(7)12-10(13)3-9(15)4-11(12)14/h3-4,7-8H,5-6,15H2,1-2H3. The highest BCUT2D eigenvalue weighted by Crippen LogP contribution is 2.29. The Balaban J connectivity index is 2.38. The van der Waals surface area contributed by atoms with Crippen LogP contribution in [0, 0.1) is 11.6 Å². The summed E-state index contributed by atoms with van der Waals surface area (Å²) in [4.78, 5) is 1.69. The second-order valence-electron chi connectivity index (χ2n) is 4.48. The maximum atomic E-state index is 13.8. The Labute approximate surface area is 99.2 Å². The largest absolute Gasteiger partial charge is 0.399 e. The van der Waals surface area contributed by atoms with Crippen molar-refractivity contribution in [2.24, 2.45) is 0 Å². The summed E-state index contributed by atoms with van der Waals surface area (Å²) >= 11 is 0. The first-order chi connectivity index (χ1) is 7.99. The van der Waals surface area contributed by atoms with Crippen LogP contribution in [0.5, 0.6) is 0 Å². The smallest absolute Gasteiger partial charge is 0.151 e. The average molecular weight is 242 g/mol. The molecule has 17 heavy (non-hydrogen) atoms. The number of anilines is 2. The first kappa shape index (κ1) is 12.1. The first-order valence-electron chi connectivity index (χ1n) is 5.61. The number of benzene rings is 1. The second kappa shape index (κ2) is 4.49. The molecule has 0 spiro atoms. The molecule has 2 N–H and O–H groups in total. The Kier molecular flexibility index (Phi) is 3.19. The van der Waals surface area contributed by atoms with E-state index in [1.165, 1.54) is 0 Å². The lowest BCUT2D eigenvalue weighted by Crippen LogP contribution is -2.48. The van der Waals surface area contributed by atoms with Crippen LogP contribution >= 0.6 is 0 Å². The molecule has 5 heteroatoms. The lowest BCUT2D eigenvalue weighted by molar-refractivity contribution is 0.0338. The number of nitrogens with zero attached hydrogens (tertiary/aromatic N) is 1. The summed E-state index contributed by atoms with van der Waals surface area (Å²) in [6.07, 6.45) is -0.0393. The number of morpholine rings is 1. The number of rotatable bonds is 1. The van der Waals surface area contributed by atoms with Gasteiger partial charge < -0.3 is 15.4 Å². The molecule has 0 radical (unpaired) electrons. The fourth-order valence-corrected chi connectivity index (χ4v) is 2.07. The summed E-state index contributed by atoms with van der Waals surface area (Å²) in [6, 6.07) is 2.23. The lowest BCUT2D eigenvalue weighted by Gasteiger charge is -2.38. The zero-order chi connectivity index (χ0) is 12.6. The molecular weight excluding hydrogens is 226 g/mol. The van der Waals surface area contributed by atoms with Gasteiger partial charge in [0.25, 0.3) is 0 Å². The van der Waals surface area contributed by atoms with E-state index in [2.05, 4.69) is 0 Å². The van der Waals surface area contributed by atoms with Crippen molar-refractivity contribution in [3.05, 3.63) is 23.8 Å². The molecular formula is C12H16F2N2O. The monoisotopic (exact) mass is 242 g/mol. The molecule has 1 fully saturated rings. The molecule has 1 saturated heterocycles. The maximum absolute atomic E-state index is 13.8. The van der Waals surface area contributed by atoms with Crippen molar-refractivity contribution in [3.63, 3.8) is 0 Å². The van der Waals surface area contributed by atoms with Crippen molar-refractivity contribution < 1.29 is 13.5 Å². The number of ether oxygens (including phenoxy) is 1. The van der Waals surface area contributed by atoms with Gasteiger partial charge in [-0.2, -0.15) is 0 Å². The van der Waals surface area contributed by atoms with Crippen molar-refractivity contribution in [3.8, 4) is 0 Å². The molecule has 0 aromatic heterocycles. The molecule has 0 aliphatic carbocycles. The summed E-state index contributed by atoms with van der Waals surface area (Å²) in [5, 5.41) is 0. The number of hydrogen-bond donors (Lipinski definition) is 1. The van der Waals surface area contributed by atoms with E-state index in [0.29, 0.717) is 13.2 Å². The molecule has 94 valence electrons. The van der Waals surface area contributed by atoms with Gasteiger partial charge in [-0.05, 0) is 26.0 Å². The maximum Gasteiger partial charge on any atom is 0.151 e. The van der Waals surface area contributed by atoms with Gasteiger partial charge >= 0.3 is 0 Å². The molecule has 1 aliphatic rings. The van der Waals surface area contributed by atoms with Crippen molar-refractivity contribution >= 4 is 11.4 Å². The molecule has 0 bridgehead atoms. The van der Waals surface area contributed by atoms with Crippen LogP contribution in [-0.4, -0.2) is 25.3 Å². The summed E-state index contributed by atoms with van der Waals surface area (Å²) in [5.41, 5.74) is 5.48. The van der Waals surface area contributed by atoms with Crippen LogP contribution < -0.4 is 10.6 Å². The van der Waals surface area contributed by atoms with E-state index in [9.17, 15) is 8.78 Å². The van der Waals surface area contributed by atoms with Gasteiger partial charge in [-0.3, -0.25) is 0 Å². The van der Waals surface area contributed by atoms with E-state index in [4.69, 9.17) is 10.5 Å². The van der Waals surface area contributed by atoms with Crippen LogP contribution in [0.2, 0.25) is 0 Å². The quantitative estimate of drug-likeness (QED) is 0.767. The number of halogens is 2. The van der Waals surface area contributed by atoms with Crippen LogP contribution in [0.1, 0.15) is 13.8 Å². The second-order valence-corrected chi connectivity index (χ2v) is 4.48. The van der Waals surface area contributed by atoms with E-state index in [1.54, 1.807) is 4.90 Å². The Morgan fingerprint density at radius 1 is 1.29 bits per heavy atom. The van der Waals surface area contributed by atoms with Crippen LogP contribution in [0.25, 0.3) is 0 Å². The molecule has 1 heterocycles. The van der Waals surface area contributed by atoms with E-state index < -0.39 is 11.6 Å². The number of nitrogens with two attached hydrogens (primary N) is 1. The summed E-state index contributed by atoms with van der Waals surface area (Å²) in [5.74, 6) is -1.24. The highest BCUT2D eigenvalue weighted by molar-refractivity contribution is 5.56. The normalized spacial score (nSPS) is 25.1. The third kappa shape index (κ3) is 2.34. The van der Waals surface area contributed by atoms with E-state index in [1.807, 2.05) is 13.8 Å². The van der Waals surface area contributed by atoms with Gasteiger partial charge in [-0.25, -0.2) is 8.78 Å². The minimum Gasteiger partial charge on any atom is -0.399 e. The van der Waals surface area contributed by atoms with Gasteiger partial charge in [0, 0.05) is 18.3 Å². The minimum absolute atomic E-state index is 0.0122. The van der Waals surface area contributed by atoms with Gasteiger partial charge in [-0.15, -0.1) is 0 Å². The van der Waals surface area contributed by atoms with E-state index in [0.717, 1.165) is 12.1 Å². The van der Waals surface area contributed by atoms with Gasteiger partial charge in [0.1, 0.15) is 5.69 Å². The molecule has 2 unspecified atom stereocenters. The fourth-order valence-electron chi connectivity index (χ4n) is 2.07. The summed E-state index contributed by atoms with van der Waals surface area (Å²) in [6.45, 7) is 4.69. The molecule has 0 amide bonds. The molecule has 1 aromatic rings. The van der Waals surface area contributed by atoms with Gasteiger partial charge in [-0.1, -0.05) is 0 Å². The molecule has 3 nitrogen and oxygen atoms in total. The highest BCUT2D eigenvalue weighted by atomic mass is 19.1. The average Bonchev–Trinajstić information content (AvgIpc) is 2.21. The highest BCUT2D eigenvalue weighted by Gasteiger charge is 2.28. The molecule has 2 atom stereocenters. The van der Waals surface area contributed by atoms with Crippen molar-refractivity contribution in [1.82, 2.24) is 0 Å². The van der Waals surface area contributed by atoms with Crippen LogP contribution in [0.4, 0.5) is 20.2 Å². The minimum atomic E-state index is -0.622. The number of hydrogen-bond acceptors (Lipinski definition) is 3. The molecule has 2 rings (SSSR count). The first-order valence-corrected chi connectivity index (χ1v) is 5.61. The van der Waals surface area contributed by atoms with Crippen LogP contribution in [-0.2, 0) is 4.74 Å². The zero-order valence-corrected chi connectivity index (χ0v) is 9.91. The lowest BCUT2D eigenvalue weighted by atomic mass is 10.1. The third-order valence-electron chi connectivity index (χ3n) is 2.93. The van der Waals surface area contributed by atoms with Crippen molar-refractivity contribution in [1.29, 1.82) is 0 Å². The molecule has 1 aliphatic heterocycles. The topological polar surface area (TPSA) is 38.5 Å². The van der Waals surface area contributed by atoms with E-state index >= 15 is 0 Å². The number of nitrogen functional groups attached to an aromatic ring is 1. The SMILES string of the molecule is CC1CN(c2c(F)cc(N)cc2F)C(C)CO1. The van der Waals surface area contributed by atoms with Crippen molar-refractivity contribution in [2.45, 2.75) is 26.0 Å². The van der Waals surface area contributed by atoms with Crippen molar-refractivity contribution in [2.75, 3.05) is 23.8 Å². The summed E-state index contributed by atoms with van der Waals surface area (Å²) < 4.78 is 33.0. The van der Waals surface area contributed by atoms with Gasteiger partial charge in [0.2, 0.25) is 0 Å². The van der Waals surface area contributed by atoms with Crippen LogP contribution in [0.15, 0.2) is 12.1 Å². The Morgan fingerprint density at radius 3 is 2.47 bits per heavy atom. The Hall–Kier alpha value is -1.36. The molecule has 1 aromatic carbocycles. The van der Waals surface area contributed by atoms with Gasteiger partial charge in [0.05, 0.1) is 12.7 Å². The zero-order valence-electron chi connectivity index (χ0n) is 9.91. The van der Waals surface area contributed by atoms with Crippen LogP contribution in [0.3, 0.4) is 0 Å². The predicted octanol–water partition coefficient (Wildman–Crippen LogP) is 2.16. The van der Waals surface area contributed by atoms with Gasteiger partial charge in [0.15, 0.2) is 11.6 Å². The fraction of sp³-hybridized carbons (Fsp3) is 0.500. The summed E-state index contributed by atoms with van der Waals surface area (Å²) in [7, 11) is 0.